The number of halogens is 3. The zero-order chi connectivity index (χ0) is 15.7. The monoisotopic (exact) mass is 306 g/mol. The topological polar surface area (TPSA) is 22.4 Å². The molecule has 22 heavy (non-hydrogen) atoms. The molecule has 1 aromatic heterocycles. The average molecular weight is 306 g/mol. The highest BCUT2D eigenvalue weighted by atomic mass is 19.4. The first kappa shape index (κ1) is 14.5. The summed E-state index contributed by atoms with van der Waals surface area (Å²) in [6.07, 6.45) is -4.44. The normalized spacial score (nSPS) is 11.8. The predicted molar refractivity (Wildman–Crippen MR) is 76.7 cm³/mol. The minimum atomic E-state index is -4.44. The molecule has 0 saturated heterocycles. The largest absolute Gasteiger partial charge is 0.485 e. The lowest BCUT2D eigenvalue weighted by atomic mass is 10.2. The van der Waals surface area contributed by atoms with E-state index in [9.17, 15) is 13.2 Å². The second kappa shape index (κ2) is 5.40. The number of rotatable bonds is 3. The first-order valence-corrected chi connectivity index (χ1v) is 6.72. The van der Waals surface area contributed by atoms with E-state index in [-0.39, 0.29) is 12.4 Å². The molecule has 2 nitrogen and oxygen atoms in total. The van der Waals surface area contributed by atoms with Gasteiger partial charge in [-0.05, 0) is 30.7 Å². The van der Waals surface area contributed by atoms with Gasteiger partial charge in [0.05, 0.1) is 5.56 Å². The number of hydrogen-bond acceptors (Lipinski definition) is 2. The van der Waals surface area contributed by atoms with E-state index in [1.807, 2.05) is 25.1 Å². The highest BCUT2D eigenvalue weighted by Crippen LogP contribution is 2.36. The van der Waals surface area contributed by atoms with Gasteiger partial charge in [0.15, 0.2) is 0 Å². The Hall–Kier alpha value is -2.43. The van der Waals surface area contributed by atoms with Crippen molar-refractivity contribution in [1.82, 2.24) is 0 Å². The van der Waals surface area contributed by atoms with Gasteiger partial charge in [-0.25, -0.2) is 0 Å². The molecular weight excluding hydrogens is 293 g/mol. The van der Waals surface area contributed by atoms with Crippen LogP contribution in [0.15, 0.2) is 52.9 Å². The number of furan rings is 1. The molecule has 1 heterocycles. The molecule has 3 rings (SSSR count). The summed E-state index contributed by atoms with van der Waals surface area (Å²) < 4.78 is 49.6. The summed E-state index contributed by atoms with van der Waals surface area (Å²) in [5, 5.41) is 0.905. The van der Waals surface area contributed by atoms with Gasteiger partial charge in [-0.2, -0.15) is 13.2 Å². The lowest BCUT2D eigenvalue weighted by molar-refractivity contribution is -0.139. The van der Waals surface area contributed by atoms with Crippen molar-refractivity contribution >= 4 is 11.0 Å². The average Bonchev–Trinajstić information content (AvgIpc) is 2.89. The summed E-state index contributed by atoms with van der Waals surface area (Å²) in [4.78, 5) is 0. The standard InChI is InChI=1S/C17H13F3O2/c1-11-5-4-6-12-9-13(22-16(11)12)10-21-15-8-3-2-7-14(15)17(18,19)20/h2-9H,10H2,1H3. The van der Waals surface area contributed by atoms with Crippen molar-refractivity contribution in [3.63, 3.8) is 0 Å². The number of hydrogen-bond donors (Lipinski definition) is 0. The van der Waals surface area contributed by atoms with E-state index in [1.54, 1.807) is 6.07 Å². The summed E-state index contributed by atoms with van der Waals surface area (Å²) in [5.74, 6) is 0.286. The van der Waals surface area contributed by atoms with Crippen LogP contribution >= 0.6 is 0 Å². The van der Waals surface area contributed by atoms with Crippen LogP contribution in [0, 0.1) is 6.92 Å². The highest BCUT2D eigenvalue weighted by molar-refractivity contribution is 5.80. The number of ether oxygens (including phenoxy) is 1. The Bertz CT molecular complexity index is 803. The van der Waals surface area contributed by atoms with Gasteiger partial charge < -0.3 is 9.15 Å². The molecule has 0 fully saturated rings. The highest BCUT2D eigenvalue weighted by Gasteiger charge is 2.34. The van der Waals surface area contributed by atoms with Crippen molar-refractivity contribution in [3.8, 4) is 5.75 Å². The van der Waals surface area contributed by atoms with Crippen molar-refractivity contribution in [2.75, 3.05) is 0 Å². The van der Waals surface area contributed by atoms with Gasteiger partial charge in [-0.15, -0.1) is 0 Å². The molecule has 0 bridgehead atoms. The molecule has 0 spiro atoms. The third-order valence-electron chi connectivity index (χ3n) is 3.35. The summed E-state index contributed by atoms with van der Waals surface area (Å²) >= 11 is 0. The molecule has 0 amide bonds. The zero-order valence-corrected chi connectivity index (χ0v) is 11.8. The Morgan fingerprint density at radius 2 is 1.82 bits per heavy atom. The van der Waals surface area contributed by atoms with Gasteiger partial charge in [0.25, 0.3) is 0 Å². The van der Waals surface area contributed by atoms with E-state index in [2.05, 4.69) is 0 Å². The van der Waals surface area contributed by atoms with Crippen molar-refractivity contribution in [2.45, 2.75) is 19.7 Å². The zero-order valence-electron chi connectivity index (χ0n) is 11.8. The lowest BCUT2D eigenvalue weighted by Gasteiger charge is -2.12. The molecule has 0 aliphatic carbocycles. The third kappa shape index (κ3) is 2.79. The van der Waals surface area contributed by atoms with Crippen LogP contribution in [0.4, 0.5) is 13.2 Å². The number of benzene rings is 2. The fourth-order valence-corrected chi connectivity index (χ4v) is 2.31. The molecule has 114 valence electrons. The first-order valence-electron chi connectivity index (χ1n) is 6.72. The van der Waals surface area contributed by atoms with Crippen LogP contribution < -0.4 is 4.74 Å². The van der Waals surface area contributed by atoms with Crippen LogP contribution in [-0.4, -0.2) is 0 Å². The Morgan fingerprint density at radius 3 is 2.55 bits per heavy atom. The Morgan fingerprint density at radius 1 is 1.05 bits per heavy atom. The van der Waals surface area contributed by atoms with Gasteiger partial charge >= 0.3 is 6.18 Å². The first-order chi connectivity index (χ1) is 10.4. The van der Waals surface area contributed by atoms with Gasteiger partial charge in [-0.1, -0.05) is 30.3 Å². The Kier molecular flexibility index (Phi) is 3.56. The second-order valence-electron chi connectivity index (χ2n) is 4.99. The van der Waals surface area contributed by atoms with Crippen LogP contribution in [0.5, 0.6) is 5.75 Å². The maximum Gasteiger partial charge on any atom is 0.419 e. The Labute approximate surface area is 125 Å². The van der Waals surface area contributed by atoms with Crippen LogP contribution in [0.1, 0.15) is 16.9 Å². The van der Waals surface area contributed by atoms with E-state index in [4.69, 9.17) is 9.15 Å². The molecule has 0 N–H and O–H groups in total. The molecule has 3 aromatic rings. The number of aryl methyl sites for hydroxylation is 1. The molecular formula is C17H13F3O2. The molecule has 0 unspecified atom stereocenters. The van der Waals surface area contributed by atoms with E-state index in [1.165, 1.54) is 18.2 Å². The fraction of sp³-hybridized carbons (Fsp3) is 0.176. The second-order valence-corrected chi connectivity index (χ2v) is 4.99. The van der Waals surface area contributed by atoms with Gasteiger partial charge in [0.2, 0.25) is 0 Å². The molecule has 0 radical (unpaired) electrons. The molecule has 0 saturated carbocycles. The van der Waals surface area contributed by atoms with Crippen molar-refractivity contribution in [1.29, 1.82) is 0 Å². The molecule has 5 heteroatoms. The summed E-state index contributed by atoms with van der Waals surface area (Å²) in [7, 11) is 0. The molecule has 0 aliphatic rings. The summed E-state index contributed by atoms with van der Waals surface area (Å²) in [6, 6.07) is 12.6. The van der Waals surface area contributed by atoms with Crippen LogP contribution in [-0.2, 0) is 12.8 Å². The van der Waals surface area contributed by atoms with Gasteiger partial charge in [-0.3, -0.25) is 0 Å². The smallest absolute Gasteiger partial charge is 0.419 e. The van der Waals surface area contributed by atoms with Crippen molar-refractivity contribution in [2.24, 2.45) is 0 Å². The number of alkyl halides is 3. The third-order valence-corrected chi connectivity index (χ3v) is 3.35. The predicted octanol–water partition coefficient (Wildman–Crippen LogP) is 5.34. The minimum Gasteiger partial charge on any atom is -0.485 e. The van der Waals surface area contributed by atoms with E-state index in [0.717, 1.165) is 22.6 Å². The maximum absolute atomic E-state index is 12.9. The summed E-state index contributed by atoms with van der Waals surface area (Å²) in [6.45, 7) is 1.86. The van der Waals surface area contributed by atoms with Crippen molar-refractivity contribution < 1.29 is 22.3 Å². The quantitative estimate of drug-likeness (QED) is 0.652. The van der Waals surface area contributed by atoms with E-state index < -0.39 is 11.7 Å². The van der Waals surface area contributed by atoms with Gasteiger partial charge in [0, 0.05) is 5.39 Å². The van der Waals surface area contributed by atoms with Crippen LogP contribution in [0.2, 0.25) is 0 Å². The molecule has 0 aliphatic heterocycles. The van der Waals surface area contributed by atoms with Gasteiger partial charge in [0.1, 0.15) is 23.7 Å². The summed E-state index contributed by atoms with van der Waals surface area (Å²) in [5.41, 5.74) is 0.909. The number of fused-ring (bicyclic) bond motifs is 1. The maximum atomic E-state index is 12.9. The Balaban J connectivity index is 1.84. The van der Waals surface area contributed by atoms with E-state index in [0.29, 0.717) is 5.76 Å². The van der Waals surface area contributed by atoms with E-state index >= 15 is 0 Å². The van der Waals surface area contributed by atoms with Crippen LogP contribution in [0.25, 0.3) is 11.0 Å². The SMILES string of the molecule is Cc1cccc2cc(COc3ccccc3C(F)(F)F)oc12. The van der Waals surface area contributed by atoms with Crippen LogP contribution in [0.3, 0.4) is 0 Å². The number of para-hydroxylation sites is 2. The van der Waals surface area contributed by atoms with Crippen molar-refractivity contribution in [3.05, 3.63) is 65.4 Å². The fourth-order valence-electron chi connectivity index (χ4n) is 2.31. The molecule has 2 aromatic carbocycles. The molecule has 0 atom stereocenters. The lowest BCUT2D eigenvalue weighted by Crippen LogP contribution is -2.08. The minimum absolute atomic E-state index is 0.0544.